The van der Waals surface area contributed by atoms with E-state index in [9.17, 15) is 0 Å². The molecule has 23 heavy (non-hydrogen) atoms. The Kier molecular flexibility index (Phi) is 6.03. The minimum atomic E-state index is 0.390. The van der Waals surface area contributed by atoms with Gasteiger partial charge in [0.2, 0.25) is 0 Å². The third kappa shape index (κ3) is 5.27. The Bertz CT molecular complexity index is 449. The van der Waals surface area contributed by atoms with Crippen LogP contribution in [0.3, 0.4) is 0 Å². The Balaban J connectivity index is 1.36. The van der Waals surface area contributed by atoms with Crippen molar-refractivity contribution in [2.75, 3.05) is 32.7 Å². The number of hydrogen-bond acceptors (Lipinski definition) is 4. The predicted molar refractivity (Wildman–Crippen MR) is 93.3 cm³/mol. The Labute approximate surface area is 140 Å². The summed E-state index contributed by atoms with van der Waals surface area (Å²) in [5, 5.41) is 0. The molecule has 4 nitrogen and oxygen atoms in total. The van der Waals surface area contributed by atoms with Crippen LogP contribution in [0.1, 0.15) is 38.7 Å². The molecule has 0 aromatic carbocycles. The van der Waals surface area contributed by atoms with Crippen molar-refractivity contribution in [1.82, 2.24) is 14.8 Å². The van der Waals surface area contributed by atoms with Crippen molar-refractivity contribution in [3.05, 3.63) is 30.1 Å². The second-order valence-corrected chi connectivity index (χ2v) is 7.38. The lowest BCUT2D eigenvalue weighted by molar-refractivity contribution is -0.0693. The summed E-state index contributed by atoms with van der Waals surface area (Å²) in [6.45, 7) is 11.4. The number of pyridine rings is 1. The highest BCUT2D eigenvalue weighted by atomic mass is 16.5. The van der Waals surface area contributed by atoms with Gasteiger partial charge in [0.25, 0.3) is 0 Å². The molecule has 2 saturated heterocycles. The fourth-order valence-corrected chi connectivity index (χ4v) is 4.01. The minimum Gasteiger partial charge on any atom is -0.373 e. The Morgan fingerprint density at radius 2 is 1.70 bits per heavy atom. The fraction of sp³-hybridized carbons (Fsp3) is 0.737. The van der Waals surface area contributed by atoms with Crippen LogP contribution in [0.25, 0.3) is 0 Å². The second kappa shape index (κ2) is 8.22. The summed E-state index contributed by atoms with van der Waals surface area (Å²) < 4.78 is 5.83. The lowest BCUT2D eigenvalue weighted by atomic mass is 9.93. The van der Waals surface area contributed by atoms with Crippen molar-refractivity contribution in [3.63, 3.8) is 0 Å². The summed E-state index contributed by atoms with van der Waals surface area (Å²) in [6, 6.07) is 4.26. The van der Waals surface area contributed by atoms with Crippen LogP contribution in [0, 0.1) is 5.92 Å². The average molecular weight is 317 g/mol. The van der Waals surface area contributed by atoms with Gasteiger partial charge in [-0.25, -0.2) is 0 Å². The van der Waals surface area contributed by atoms with Crippen LogP contribution in [0.2, 0.25) is 0 Å². The normalized spacial score (nSPS) is 28.1. The molecule has 128 valence electrons. The molecule has 2 aliphatic heterocycles. The first-order chi connectivity index (χ1) is 11.2. The molecule has 2 aliphatic rings. The Morgan fingerprint density at radius 3 is 2.35 bits per heavy atom. The van der Waals surface area contributed by atoms with Gasteiger partial charge in [0, 0.05) is 32.0 Å². The van der Waals surface area contributed by atoms with Crippen molar-refractivity contribution in [3.8, 4) is 0 Å². The molecular formula is C19H31N3O. The summed E-state index contributed by atoms with van der Waals surface area (Å²) in [4.78, 5) is 9.29. The number of ether oxygens (including phenoxy) is 1. The Morgan fingerprint density at radius 1 is 1.04 bits per heavy atom. The van der Waals surface area contributed by atoms with Gasteiger partial charge in [0.1, 0.15) is 0 Å². The van der Waals surface area contributed by atoms with Gasteiger partial charge in [0.05, 0.1) is 12.2 Å². The second-order valence-electron chi connectivity index (χ2n) is 7.38. The van der Waals surface area contributed by atoms with Gasteiger partial charge >= 0.3 is 0 Å². The largest absolute Gasteiger partial charge is 0.373 e. The van der Waals surface area contributed by atoms with Crippen LogP contribution < -0.4 is 0 Å². The third-order valence-electron chi connectivity index (χ3n) is 5.21. The third-order valence-corrected chi connectivity index (χ3v) is 5.21. The highest BCUT2D eigenvalue weighted by Gasteiger charge is 2.24. The van der Waals surface area contributed by atoms with Crippen LogP contribution in [-0.4, -0.2) is 59.7 Å². The van der Waals surface area contributed by atoms with Crippen molar-refractivity contribution >= 4 is 0 Å². The zero-order valence-corrected chi connectivity index (χ0v) is 14.7. The number of morpholine rings is 1. The van der Waals surface area contributed by atoms with Crippen molar-refractivity contribution in [2.24, 2.45) is 5.92 Å². The number of nitrogens with zero attached hydrogens (tertiary/aromatic N) is 3. The molecule has 0 radical (unpaired) electrons. The van der Waals surface area contributed by atoms with E-state index in [1.807, 2.05) is 12.4 Å². The zero-order valence-electron chi connectivity index (χ0n) is 14.7. The first-order valence-corrected chi connectivity index (χ1v) is 9.18. The highest BCUT2D eigenvalue weighted by Crippen LogP contribution is 2.23. The summed E-state index contributed by atoms with van der Waals surface area (Å²) >= 11 is 0. The van der Waals surface area contributed by atoms with Gasteiger partial charge in [-0.1, -0.05) is 0 Å². The number of aromatic nitrogens is 1. The monoisotopic (exact) mass is 317 g/mol. The molecular weight excluding hydrogens is 286 g/mol. The first-order valence-electron chi connectivity index (χ1n) is 9.18. The topological polar surface area (TPSA) is 28.6 Å². The molecule has 3 heterocycles. The van der Waals surface area contributed by atoms with Crippen molar-refractivity contribution in [2.45, 2.75) is 51.9 Å². The van der Waals surface area contributed by atoms with E-state index in [0.717, 1.165) is 25.6 Å². The van der Waals surface area contributed by atoms with E-state index in [1.54, 1.807) is 0 Å². The number of hydrogen-bond donors (Lipinski definition) is 0. The number of rotatable bonds is 5. The lowest BCUT2D eigenvalue weighted by Gasteiger charge is -2.37. The van der Waals surface area contributed by atoms with E-state index in [4.69, 9.17) is 4.74 Å². The molecule has 0 aliphatic carbocycles. The van der Waals surface area contributed by atoms with Gasteiger partial charge in [-0.15, -0.1) is 0 Å². The molecule has 0 unspecified atom stereocenters. The van der Waals surface area contributed by atoms with E-state index in [2.05, 4.69) is 40.8 Å². The summed E-state index contributed by atoms with van der Waals surface area (Å²) in [5.41, 5.74) is 1.38. The van der Waals surface area contributed by atoms with Crippen LogP contribution in [0.4, 0.5) is 0 Å². The molecule has 1 aromatic rings. The molecule has 3 rings (SSSR count). The van der Waals surface area contributed by atoms with Gasteiger partial charge in [-0.05, 0) is 76.4 Å². The molecule has 2 atom stereocenters. The lowest BCUT2D eigenvalue weighted by Crippen LogP contribution is -2.46. The Hall–Kier alpha value is -0.970. The minimum absolute atomic E-state index is 0.390. The van der Waals surface area contributed by atoms with Gasteiger partial charge in [-0.2, -0.15) is 0 Å². The van der Waals surface area contributed by atoms with E-state index in [-0.39, 0.29) is 0 Å². The van der Waals surface area contributed by atoms with E-state index >= 15 is 0 Å². The molecule has 0 saturated carbocycles. The quantitative estimate of drug-likeness (QED) is 0.835. The maximum absolute atomic E-state index is 5.83. The maximum atomic E-state index is 5.83. The molecule has 0 amide bonds. The van der Waals surface area contributed by atoms with E-state index < -0.39 is 0 Å². The number of piperidine rings is 1. The molecule has 0 bridgehead atoms. The van der Waals surface area contributed by atoms with Gasteiger partial charge < -0.3 is 4.74 Å². The summed E-state index contributed by atoms with van der Waals surface area (Å²) in [7, 11) is 0. The average Bonchev–Trinajstić information content (AvgIpc) is 2.54. The van der Waals surface area contributed by atoms with Crippen molar-refractivity contribution < 1.29 is 4.74 Å². The van der Waals surface area contributed by atoms with Crippen LogP contribution in [0.5, 0.6) is 0 Å². The van der Waals surface area contributed by atoms with Gasteiger partial charge in [0.15, 0.2) is 0 Å². The molecule has 4 heteroatoms. The SMILES string of the molecule is C[C@@H]1CN(CCC2CCN(Cc3ccncc3)CC2)C[C@H](C)O1. The zero-order chi connectivity index (χ0) is 16.1. The smallest absolute Gasteiger partial charge is 0.0678 e. The predicted octanol–water partition coefficient (Wildman–Crippen LogP) is 2.79. The fourth-order valence-electron chi connectivity index (χ4n) is 4.01. The first kappa shape index (κ1) is 16.9. The van der Waals surface area contributed by atoms with Crippen LogP contribution in [0.15, 0.2) is 24.5 Å². The van der Waals surface area contributed by atoms with Gasteiger partial charge in [-0.3, -0.25) is 14.8 Å². The van der Waals surface area contributed by atoms with Crippen LogP contribution in [-0.2, 0) is 11.3 Å². The maximum Gasteiger partial charge on any atom is 0.0678 e. The van der Waals surface area contributed by atoms with Crippen LogP contribution >= 0.6 is 0 Å². The highest BCUT2D eigenvalue weighted by molar-refractivity contribution is 5.09. The summed E-state index contributed by atoms with van der Waals surface area (Å²) in [5.74, 6) is 0.900. The molecule has 2 fully saturated rings. The molecule has 0 spiro atoms. The molecule has 0 N–H and O–H groups in total. The standard InChI is InChI=1S/C19H31N3O/c1-16-13-22(14-17(2)23-16)12-7-18-5-10-21(11-6-18)15-19-3-8-20-9-4-19/h3-4,8-9,16-18H,5-7,10-15H2,1-2H3/t16-,17+. The van der Waals surface area contributed by atoms with E-state index in [0.29, 0.717) is 12.2 Å². The summed E-state index contributed by atoms with van der Waals surface area (Å²) in [6.07, 6.45) is 8.62. The number of likely N-dealkylation sites (tertiary alicyclic amines) is 1. The van der Waals surface area contributed by atoms with E-state index in [1.165, 1.54) is 44.5 Å². The van der Waals surface area contributed by atoms with Crippen molar-refractivity contribution in [1.29, 1.82) is 0 Å². The molecule has 1 aromatic heterocycles.